The van der Waals surface area contributed by atoms with E-state index < -0.39 is 0 Å². The molecular weight excluding hydrogens is 320 g/mol. The van der Waals surface area contributed by atoms with E-state index in [9.17, 15) is 9.59 Å². The van der Waals surface area contributed by atoms with Crippen LogP contribution >= 0.6 is 0 Å². The number of carbonyl (C=O) groups excluding carboxylic acids is 2. The van der Waals surface area contributed by atoms with Crippen molar-refractivity contribution in [2.45, 2.75) is 12.8 Å². The largest absolute Gasteiger partial charge is 0.493 e. The average molecular weight is 342 g/mol. The first-order chi connectivity index (χ1) is 12.1. The molecule has 0 aromatic heterocycles. The number of anilines is 1. The highest BCUT2D eigenvalue weighted by Crippen LogP contribution is 2.31. The van der Waals surface area contributed by atoms with Gasteiger partial charge in [0.1, 0.15) is 0 Å². The molecule has 0 spiro atoms. The maximum Gasteiger partial charge on any atom is 0.251 e. The van der Waals surface area contributed by atoms with Crippen molar-refractivity contribution in [3.63, 3.8) is 0 Å². The molecule has 0 bridgehead atoms. The Morgan fingerprint density at radius 3 is 2.32 bits per heavy atom. The van der Waals surface area contributed by atoms with Crippen molar-refractivity contribution in [3.8, 4) is 11.5 Å². The lowest BCUT2D eigenvalue weighted by molar-refractivity contribution is -0.116. The molecule has 2 aromatic carbocycles. The van der Waals surface area contributed by atoms with Crippen LogP contribution in [0.1, 0.15) is 22.3 Å². The molecule has 0 saturated heterocycles. The van der Waals surface area contributed by atoms with E-state index in [-0.39, 0.29) is 11.8 Å². The molecule has 0 saturated carbocycles. The summed E-state index contributed by atoms with van der Waals surface area (Å²) in [5.41, 5.74) is 2.10. The number of benzene rings is 2. The van der Waals surface area contributed by atoms with Gasteiger partial charge in [0.25, 0.3) is 5.91 Å². The van der Waals surface area contributed by atoms with E-state index in [2.05, 4.69) is 10.6 Å². The van der Waals surface area contributed by atoms with E-state index in [0.29, 0.717) is 35.6 Å². The van der Waals surface area contributed by atoms with E-state index in [1.807, 2.05) is 18.2 Å². The minimum Gasteiger partial charge on any atom is -0.493 e. The summed E-state index contributed by atoms with van der Waals surface area (Å²) in [6.07, 6.45) is 0.837. The number of nitrogens with one attached hydrogen (secondary N) is 2. The predicted octanol–water partition coefficient (Wildman–Crippen LogP) is 2.63. The molecule has 25 heavy (non-hydrogen) atoms. The van der Waals surface area contributed by atoms with Crippen molar-refractivity contribution in [3.05, 3.63) is 53.6 Å². The summed E-state index contributed by atoms with van der Waals surface area (Å²) in [5.74, 6) is 1.01. The lowest BCUT2D eigenvalue weighted by atomic mass is 10.1. The fraction of sp³-hybridized carbons (Fsp3) is 0.263. The minimum atomic E-state index is -0.164. The molecular formula is C19H22N2O4. The maximum absolute atomic E-state index is 12.2. The normalized spacial score (nSPS) is 10.0. The zero-order valence-corrected chi connectivity index (χ0v) is 14.6. The highest BCUT2D eigenvalue weighted by atomic mass is 16.5. The smallest absolute Gasteiger partial charge is 0.251 e. The minimum absolute atomic E-state index is 0.113. The number of hydrogen-bond donors (Lipinski definition) is 2. The van der Waals surface area contributed by atoms with Gasteiger partial charge in [-0.25, -0.2) is 0 Å². The standard InChI is InChI=1S/C19H22N2O4/c1-20-19(23)14-7-10-15(11-8-14)21-17(22)12-9-13-5-4-6-16(24-2)18(13)25-3/h4-8,10-11H,9,12H2,1-3H3,(H,20,23)(H,21,22). The molecule has 2 amide bonds. The van der Waals surface area contributed by atoms with Crippen LogP contribution < -0.4 is 20.1 Å². The number of carbonyl (C=O) groups is 2. The van der Waals surface area contributed by atoms with Crippen molar-refractivity contribution in [1.82, 2.24) is 5.32 Å². The molecule has 0 atom stereocenters. The molecule has 6 heteroatoms. The number of rotatable bonds is 7. The van der Waals surface area contributed by atoms with E-state index in [1.54, 1.807) is 45.5 Å². The number of amides is 2. The molecule has 2 N–H and O–H groups in total. The highest BCUT2D eigenvalue weighted by Gasteiger charge is 2.11. The van der Waals surface area contributed by atoms with E-state index in [4.69, 9.17) is 9.47 Å². The lowest BCUT2D eigenvalue weighted by Crippen LogP contribution is -2.18. The molecule has 0 unspecified atom stereocenters. The lowest BCUT2D eigenvalue weighted by Gasteiger charge is -2.12. The second-order valence-corrected chi connectivity index (χ2v) is 5.36. The highest BCUT2D eigenvalue weighted by molar-refractivity contribution is 5.95. The van der Waals surface area contributed by atoms with Gasteiger partial charge in [-0.1, -0.05) is 12.1 Å². The first-order valence-electron chi connectivity index (χ1n) is 7.91. The van der Waals surface area contributed by atoms with Crippen LogP contribution in [0.25, 0.3) is 0 Å². The number of methoxy groups -OCH3 is 2. The number of hydrogen-bond acceptors (Lipinski definition) is 4. The van der Waals surface area contributed by atoms with Crippen molar-refractivity contribution in [2.75, 3.05) is 26.6 Å². The zero-order chi connectivity index (χ0) is 18.2. The van der Waals surface area contributed by atoms with Gasteiger partial charge in [0.2, 0.25) is 5.91 Å². The first-order valence-corrected chi connectivity index (χ1v) is 7.91. The van der Waals surface area contributed by atoms with Gasteiger partial charge in [0, 0.05) is 24.7 Å². The van der Waals surface area contributed by atoms with Crippen molar-refractivity contribution in [1.29, 1.82) is 0 Å². The van der Waals surface area contributed by atoms with Crippen LogP contribution in [-0.2, 0) is 11.2 Å². The van der Waals surface area contributed by atoms with Gasteiger partial charge < -0.3 is 20.1 Å². The van der Waals surface area contributed by atoms with E-state index in [1.165, 1.54) is 0 Å². The molecule has 2 aromatic rings. The van der Waals surface area contributed by atoms with Gasteiger partial charge in [-0.3, -0.25) is 9.59 Å². The van der Waals surface area contributed by atoms with Gasteiger partial charge in [-0.05, 0) is 42.3 Å². The van der Waals surface area contributed by atoms with Crippen molar-refractivity contribution < 1.29 is 19.1 Å². The molecule has 0 fully saturated rings. The zero-order valence-electron chi connectivity index (χ0n) is 14.6. The monoisotopic (exact) mass is 342 g/mol. The topological polar surface area (TPSA) is 76.7 Å². The van der Waals surface area contributed by atoms with Gasteiger partial charge >= 0.3 is 0 Å². The summed E-state index contributed by atoms with van der Waals surface area (Å²) >= 11 is 0. The second-order valence-electron chi connectivity index (χ2n) is 5.36. The maximum atomic E-state index is 12.2. The van der Waals surface area contributed by atoms with Gasteiger partial charge in [-0.15, -0.1) is 0 Å². The quantitative estimate of drug-likeness (QED) is 0.811. The number of para-hydroxylation sites is 1. The van der Waals surface area contributed by atoms with Crippen LogP contribution in [0.15, 0.2) is 42.5 Å². The number of aryl methyl sites for hydroxylation is 1. The molecule has 0 radical (unpaired) electrons. The summed E-state index contributed by atoms with van der Waals surface area (Å²) in [6.45, 7) is 0. The second kappa shape index (κ2) is 8.73. The van der Waals surface area contributed by atoms with E-state index >= 15 is 0 Å². The van der Waals surface area contributed by atoms with Gasteiger partial charge in [0.05, 0.1) is 14.2 Å². The molecule has 0 aliphatic heterocycles. The fourth-order valence-electron chi connectivity index (χ4n) is 2.47. The Morgan fingerprint density at radius 1 is 1.00 bits per heavy atom. The Hall–Kier alpha value is -3.02. The third-order valence-corrected chi connectivity index (χ3v) is 3.76. The Balaban J connectivity index is 1.96. The molecule has 0 aliphatic rings. The van der Waals surface area contributed by atoms with Crippen LogP contribution in [0, 0.1) is 0 Å². The predicted molar refractivity (Wildman–Crippen MR) is 96.3 cm³/mol. The molecule has 0 aliphatic carbocycles. The fourth-order valence-corrected chi connectivity index (χ4v) is 2.47. The van der Waals surface area contributed by atoms with Crippen LogP contribution in [0.4, 0.5) is 5.69 Å². The third kappa shape index (κ3) is 4.73. The van der Waals surface area contributed by atoms with Crippen LogP contribution in [0.3, 0.4) is 0 Å². The Morgan fingerprint density at radius 2 is 1.72 bits per heavy atom. The Bertz CT molecular complexity index is 742. The SMILES string of the molecule is CNC(=O)c1ccc(NC(=O)CCc2cccc(OC)c2OC)cc1. The summed E-state index contributed by atoms with van der Waals surface area (Å²) in [4.78, 5) is 23.7. The van der Waals surface area contributed by atoms with Crippen LogP contribution in [0.5, 0.6) is 11.5 Å². The average Bonchev–Trinajstić information content (AvgIpc) is 2.65. The Labute approximate surface area is 147 Å². The van der Waals surface area contributed by atoms with E-state index in [0.717, 1.165) is 5.56 Å². The van der Waals surface area contributed by atoms with Crippen LogP contribution in [0.2, 0.25) is 0 Å². The molecule has 2 rings (SSSR count). The summed E-state index contributed by atoms with van der Waals surface area (Å²) < 4.78 is 10.6. The summed E-state index contributed by atoms with van der Waals surface area (Å²) in [7, 11) is 4.73. The molecule has 0 heterocycles. The van der Waals surface area contributed by atoms with Gasteiger partial charge in [0.15, 0.2) is 11.5 Å². The van der Waals surface area contributed by atoms with Gasteiger partial charge in [-0.2, -0.15) is 0 Å². The van der Waals surface area contributed by atoms with Crippen molar-refractivity contribution >= 4 is 17.5 Å². The van der Waals surface area contributed by atoms with Crippen molar-refractivity contribution in [2.24, 2.45) is 0 Å². The third-order valence-electron chi connectivity index (χ3n) is 3.76. The molecule has 6 nitrogen and oxygen atoms in total. The summed E-state index contributed by atoms with van der Waals surface area (Å²) in [6, 6.07) is 12.3. The Kier molecular flexibility index (Phi) is 6.39. The van der Waals surface area contributed by atoms with Crippen LogP contribution in [-0.4, -0.2) is 33.1 Å². The molecule has 132 valence electrons. The number of ether oxygens (including phenoxy) is 2. The first kappa shape index (κ1) is 18.3. The summed E-state index contributed by atoms with van der Waals surface area (Å²) in [5, 5.41) is 5.37.